The van der Waals surface area contributed by atoms with Crippen LogP contribution in [0.2, 0.25) is 0 Å². The van der Waals surface area contributed by atoms with Gasteiger partial charge >= 0.3 is 0 Å². The van der Waals surface area contributed by atoms with Gasteiger partial charge in [-0.15, -0.1) is 0 Å². The Bertz CT molecular complexity index is 404. The molecule has 0 radical (unpaired) electrons. The van der Waals surface area contributed by atoms with Gasteiger partial charge in [0, 0.05) is 24.4 Å². The maximum atomic E-state index is 5.69. The van der Waals surface area contributed by atoms with Crippen molar-refractivity contribution < 1.29 is 4.74 Å². The maximum absolute atomic E-state index is 5.69. The second kappa shape index (κ2) is 5.65. The first-order chi connectivity index (χ1) is 8.62. The Labute approximate surface area is 109 Å². The average molecular weight is 249 g/mol. The van der Waals surface area contributed by atoms with Crippen molar-refractivity contribution in [3.05, 3.63) is 17.6 Å². The van der Waals surface area contributed by atoms with Crippen molar-refractivity contribution in [2.75, 3.05) is 18.5 Å². The van der Waals surface area contributed by atoms with E-state index in [1.807, 2.05) is 6.92 Å². The molecule has 1 N–H and O–H groups in total. The summed E-state index contributed by atoms with van der Waals surface area (Å²) in [6.45, 7) is 7.71. The Morgan fingerprint density at radius 2 is 2.06 bits per heavy atom. The number of aromatic nitrogens is 2. The molecule has 0 saturated carbocycles. The summed E-state index contributed by atoms with van der Waals surface area (Å²) in [6.07, 6.45) is 6.33. The van der Waals surface area contributed by atoms with E-state index in [0.717, 1.165) is 31.8 Å². The smallest absolute Gasteiger partial charge is 0.132 e. The Balaban J connectivity index is 2.05. The summed E-state index contributed by atoms with van der Waals surface area (Å²) in [7, 11) is 0. The summed E-state index contributed by atoms with van der Waals surface area (Å²) in [4.78, 5) is 8.76. The molecule has 4 nitrogen and oxygen atoms in total. The number of rotatable bonds is 5. The lowest BCUT2D eigenvalue weighted by molar-refractivity contribution is 0.000627. The third-order valence-corrected chi connectivity index (χ3v) is 3.34. The Morgan fingerprint density at radius 1 is 1.28 bits per heavy atom. The van der Waals surface area contributed by atoms with E-state index in [4.69, 9.17) is 4.74 Å². The number of hydrogen-bond donors (Lipinski definition) is 1. The van der Waals surface area contributed by atoms with Crippen molar-refractivity contribution in [1.82, 2.24) is 9.97 Å². The predicted octanol–water partition coefficient (Wildman–Crippen LogP) is 2.58. The molecule has 0 aliphatic heterocycles. The third kappa shape index (κ3) is 3.19. The summed E-state index contributed by atoms with van der Waals surface area (Å²) in [5.41, 5.74) is 2.35. The van der Waals surface area contributed by atoms with E-state index < -0.39 is 0 Å². The number of nitrogens with zero attached hydrogens (tertiary/aromatic N) is 2. The molecule has 18 heavy (non-hydrogen) atoms. The number of fused-ring (bicyclic) bond motifs is 1. The molecule has 1 aliphatic rings. The largest absolute Gasteiger partial charge is 0.374 e. The van der Waals surface area contributed by atoms with Crippen molar-refractivity contribution in [1.29, 1.82) is 0 Å². The van der Waals surface area contributed by atoms with E-state index in [1.54, 1.807) is 6.33 Å². The number of aryl methyl sites for hydroxylation is 1. The predicted molar refractivity (Wildman–Crippen MR) is 72.9 cm³/mol. The third-order valence-electron chi connectivity index (χ3n) is 3.34. The molecule has 1 heterocycles. The standard InChI is InChI=1S/C14H23N3O/c1-4-18-14(2,3)9-15-13-11-7-5-6-8-12(11)16-10-17-13/h10H,4-9H2,1-3H3,(H,15,16,17). The monoisotopic (exact) mass is 249 g/mol. The quantitative estimate of drug-likeness (QED) is 0.871. The fourth-order valence-corrected chi connectivity index (χ4v) is 2.41. The van der Waals surface area contributed by atoms with Crippen LogP contribution in [0, 0.1) is 0 Å². The van der Waals surface area contributed by atoms with Crippen molar-refractivity contribution in [2.24, 2.45) is 0 Å². The SMILES string of the molecule is CCOC(C)(C)CNc1ncnc2c1CCCC2. The van der Waals surface area contributed by atoms with E-state index in [2.05, 4.69) is 29.1 Å². The highest BCUT2D eigenvalue weighted by atomic mass is 16.5. The van der Waals surface area contributed by atoms with Gasteiger partial charge in [0.1, 0.15) is 12.1 Å². The van der Waals surface area contributed by atoms with Crippen LogP contribution >= 0.6 is 0 Å². The van der Waals surface area contributed by atoms with Crippen LogP contribution < -0.4 is 5.32 Å². The van der Waals surface area contributed by atoms with Crippen LogP contribution in [-0.2, 0) is 17.6 Å². The molecule has 0 fully saturated rings. The van der Waals surface area contributed by atoms with Crippen molar-refractivity contribution >= 4 is 5.82 Å². The first kappa shape index (κ1) is 13.3. The molecule has 2 rings (SSSR count). The van der Waals surface area contributed by atoms with Crippen LogP contribution in [0.3, 0.4) is 0 Å². The molecular weight excluding hydrogens is 226 g/mol. The van der Waals surface area contributed by atoms with Crippen LogP contribution in [0.15, 0.2) is 6.33 Å². The lowest BCUT2D eigenvalue weighted by Crippen LogP contribution is -2.34. The van der Waals surface area contributed by atoms with Gasteiger partial charge in [0.05, 0.1) is 5.60 Å². The molecule has 0 bridgehead atoms. The van der Waals surface area contributed by atoms with Crippen molar-refractivity contribution in [3.63, 3.8) is 0 Å². The molecule has 100 valence electrons. The summed E-state index contributed by atoms with van der Waals surface area (Å²) in [6, 6.07) is 0. The van der Waals surface area contributed by atoms with Crippen LogP contribution in [-0.4, -0.2) is 28.7 Å². The maximum Gasteiger partial charge on any atom is 0.132 e. The molecule has 4 heteroatoms. The number of anilines is 1. The highest BCUT2D eigenvalue weighted by molar-refractivity contribution is 5.47. The second-order valence-electron chi connectivity index (χ2n) is 5.40. The Kier molecular flexibility index (Phi) is 4.17. The minimum Gasteiger partial charge on any atom is -0.374 e. The first-order valence-corrected chi connectivity index (χ1v) is 6.83. The average Bonchev–Trinajstić information content (AvgIpc) is 2.36. The summed E-state index contributed by atoms with van der Waals surface area (Å²) >= 11 is 0. The topological polar surface area (TPSA) is 47.0 Å². The highest BCUT2D eigenvalue weighted by Crippen LogP contribution is 2.24. The molecule has 0 unspecified atom stereocenters. The van der Waals surface area contributed by atoms with Gasteiger partial charge in [-0.25, -0.2) is 9.97 Å². The second-order valence-corrected chi connectivity index (χ2v) is 5.40. The number of hydrogen-bond acceptors (Lipinski definition) is 4. The van der Waals surface area contributed by atoms with Gasteiger partial charge in [-0.3, -0.25) is 0 Å². The van der Waals surface area contributed by atoms with Crippen LogP contribution in [0.25, 0.3) is 0 Å². The van der Waals surface area contributed by atoms with Gasteiger partial charge in [0.25, 0.3) is 0 Å². The fraction of sp³-hybridized carbons (Fsp3) is 0.714. The van der Waals surface area contributed by atoms with E-state index in [9.17, 15) is 0 Å². The molecule has 1 aromatic heterocycles. The molecule has 0 amide bonds. The zero-order valence-corrected chi connectivity index (χ0v) is 11.6. The molecule has 1 aromatic rings. The summed E-state index contributed by atoms with van der Waals surface area (Å²) in [5.74, 6) is 0.993. The molecule has 0 atom stereocenters. The van der Waals surface area contributed by atoms with Crippen molar-refractivity contribution in [3.8, 4) is 0 Å². The van der Waals surface area contributed by atoms with E-state index in [0.29, 0.717) is 0 Å². The van der Waals surface area contributed by atoms with Gasteiger partial charge in [0.2, 0.25) is 0 Å². The molecule has 0 aromatic carbocycles. The molecule has 0 saturated heterocycles. The molecule has 1 aliphatic carbocycles. The van der Waals surface area contributed by atoms with Gasteiger partial charge in [-0.1, -0.05) is 0 Å². The number of ether oxygens (including phenoxy) is 1. The first-order valence-electron chi connectivity index (χ1n) is 6.83. The van der Waals surface area contributed by atoms with Crippen LogP contribution in [0.1, 0.15) is 44.9 Å². The van der Waals surface area contributed by atoms with Gasteiger partial charge in [0.15, 0.2) is 0 Å². The minimum absolute atomic E-state index is 0.165. The van der Waals surface area contributed by atoms with Gasteiger partial charge < -0.3 is 10.1 Å². The minimum atomic E-state index is -0.165. The summed E-state index contributed by atoms with van der Waals surface area (Å²) < 4.78 is 5.69. The lowest BCUT2D eigenvalue weighted by Gasteiger charge is -2.26. The normalized spacial score (nSPS) is 15.3. The zero-order valence-electron chi connectivity index (χ0n) is 11.6. The van der Waals surface area contributed by atoms with Crippen LogP contribution in [0.4, 0.5) is 5.82 Å². The molecular formula is C14H23N3O. The van der Waals surface area contributed by atoms with E-state index >= 15 is 0 Å². The Hall–Kier alpha value is -1.16. The van der Waals surface area contributed by atoms with Gasteiger partial charge in [-0.2, -0.15) is 0 Å². The highest BCUT2D eigenvalue weighted by Gasteiger charge is 2.20. The fourth-order valence-electron chi connectivity index (χ4n) is 2.41. The van der Waals surface area contributed by atoms with E-state index in [1.165, 1.54) is 24.1 Å². The lowest BCUT2D eigenvalue weighted by atomic mass is 9.96. The van der Waals surface area contributed by atoms with Crippen LogP contribution in [0.5, 0.6) is 0 Å². The molecule has 0 spiro atoms. The number of nitrogens with one attached hydrogen (secondary N) is 1. The van der Waals surface area contributed by atoms with E-state index in [-0.39, 0.29) is 5.60 Å². The summed E-state index contributed by atoms with van der Waals surface area (Å²) in [5, 5.41) is 3.42. The zero-order chi connectivity index (χ0) is 13.0. The van der Waals surface area contributed by atoms with Gasteiger partial charge in [-0.05, 0) is 46.5 Å². The van der Waals surface area contributed by atoms with Crippen molar-refractivity contribution in [2.45, 2.75) is 52.1 Å². The Morgan fingerprint density at radius 3 is 2.83 bits per heavy atom.